The van der Waals surface area contributed by atoms with E-state index in [-0.39, 0.29) is 11.9 Å². The number of imidazole rings is 1. The lowest BCUT2D eigenvalue weighted by Gasteiger charge is -2.26. The van der Waals surface area contributed by atoms with E-state index < -0.39 is 0 Å². The molecular formula is C23H25BrN5O+. The number of para-hydroxylation sites is 2. The molecule has 1 atom stereocenters. The van der Waals surface area contributed by atoms with Crippen LogP contribution < -0.4 is 4.90 Å². The molecule has 7 heteroatoms. The highest BCUT2D eigenvalue weighted by molar-refractivity contribution is 9.10. The fourth-order valence-corrected chi connectivity index (χ4v) is 4.69. The van der Waals surface area contributed by atoms with Crippen LogP contribution >= 0.6 is 15.9 Å². The summed E-state index contributed by atoms with van der Waals surface area (Å²) < 4.78 is 1.03. The molecule has 3 aromatic rings. The molecule has 0 saturated carbocycles. The molecule has 1 fully saturated rings. The van der Waals surface area contributed by atoms with Crippen LogP contribution in [0, 0.1) is 0 Å². The van der Waals surface area contributed by atoms with E-state index in [1.54, 1.807) is 5.01 Å². The molecule has 0 unspecified atom stereocenters. The Morgan fingerprint density at radius 3 is 2.63 bits per heavy atom. The van der Waals surface area contributed by atoms with Crippen molar-refractivity contribution in [3.05, 3.63) is 64.4 Å². The Hall–Kier alpha value is -2.51. The lowest BCUT2D eigenvalue weighted by Crippen LogP contribution is -3.13. The van der Waals surface area contributed by atoms with Crippen LogP contribution in [0.5, 0.6) is 0 Å². The first-order valence-electron chi connectivity index (χ1n) is 10.6. The third-order valence-corrected chi connectivity index (χ3v) is 6.56. The number of halogens is 1. The second-order valence-corrected chi connectivity index (χ2v) is 9.05. The lowest BCUT2D eigenvalue weighted by atomic mass is 10.0. The molecule has 2 aliphatic rings. The molecule has 154 valence electrons. The monoisotopic (exact) mass is 466 g/mol. The van der Waals surface area contributed by atoms with Gasteiger partial charge in [-0.2, -0.15) is 5.10 Å². The van der Waals surface area contributed by atoms with Gasteiger partial charge >= 0.3 is 0 Å². The molecule has 30 heavy (non-hydrogen) atoms. The van der Waals surface area contributed by atoms with E-state index in [4.69, 9.17) is 10.1 Å². The van der Waals surface area contributed by atoms with E-state index in [9.17, 15) is 4.79 Å². The van der Waals surface area contributed by atoms with Crippen LogP contribution in [0.3, 0.4) is 0 Å². The molecule has 1 saturated heterocycles. The van der Waals surface area contributed by atoms with Gasteiger partial charge in [0.1, 0.15) is 11.9 Å². The number of piperidine rings is 1. The minimum absolute atomic E-state index is 0.0736. The highest BCUT2D eigenvalue weighted by Gasteiger charge is 2.36. The summed E-state index contributed by atoms with van der Waals surface area (Å²) in [4.78, 5) is 22.8. The van der Waals surface area contributed by atoms with Gasteiger partial charge in [-0.1, -0.05) is 40.2 Å². The predicted octanol–water partition coefficient (Wildman–Crippen LogP) is 3.07. The molecular weight excluding hydrogens is 442 g/mol. The summed E-state index contributed by atoms with van der Waals surface area (Å²) in [7, 11) is 0. The van der Waals surface area contributed by atoms with Crippen LogP contribution in [-0.4, -0.2) is 46.2 Å². The minimum Gasteiger partial charge on any atom is -0.340 e. The van der Waals surface area contributed by atoms with Crippen LogP contribution in [0.2, 0.25) is 0 Å². The van der Waals surface area contributed by atoms with Crippen molar-refractivity contribution in [1.29, 1.82) is 0 Å². The Kier molecular flexibility index (Phi) is 5.39. The van der Waals surface area contributed by atoms with Crippen molar-refractivity contribution in [3.8, 4) is 0 Å². The Labute approximate surface area is 184 Å². The first kappa shape index (κ1) is 19.5. The van der Waals surface area contributed by atoms with Crippen molar-refractivity contribution in [3.63, 3.8) is 0 Å². The molecule has 2 N–H and O–H groups in total. The largest absolute Gasteiger partial charge is 0.340 e. The van der Waals surface area contributed by atoms with Gasteiger partial charge in [0.2, 0.25) is 0 Å². The van der Waals surface area contributed by atoms with E-state index in [2.05, 4.69) is 20.9 Å². The van der Waals surface area contributed by atoms with Gasteiger partial charge in [0.05, 0.1) is 29.8 Å². The van der Waals surface area contributed by atoms with E-state index in [1.807, 2.05) is 48.5 Å². The van der Waals surface area contributed by atoms with Crippen LogP contribution in [0.1, 0.15) is 43.1 Å². The van der Waals surface area contributed by atoms with E-state index in [0.29, 0.717) is 13.0 Å². The second-order valence-electron chi connectivity index (χ2n) is 8.14. The van der Waals surface area contributed by atoms with Gasteiger partial charge in [0.25, 0.3) is 5.91 Å². The number of hydrogen-bond donors (Lipinski definition) is 2. The topological polar surface area (TPSA) is 65.8 Å². The molecule has 0 radical (unpaired) electrons. The molecule has 0 bridgehead atoms. The normalized spacial score (nSPS) is 20.0. The number of quaternary nitrogens is 1. The van der Waals surface area contributed by atoms with Gasteiger partial charge in [-0.3, -0.25) is 4.79 Å². The number of nitrogens with zero attached hydrogens (tertiary/aromatic N) is 3. The van der Waals surface area contributed by atoms with Crippen molar-refractivity contribution in [2.45, 2.75) is 31.7 Å². The summed E-state index contributed by atoms with van der Waals surface area (Å²) in [5.41, 5.74) is 3.87. The number of carbonyl (C=O) groups excluding carboxylic acids is 1. The van der Waals surface area contributed by atoms with Crippen molar-refractivity contribution < 1.29 is 9.69 Å². The number of likely N-dealkylation sites (tertiary alicyclic amines) is 1. The Balaban J connectivity index is 1.45. The zero-order valence-electron chi connectivity index (χ0n) is 16.8. The van der Waals surface area contributed by atoms with Gasteiger partial charge in [0.15, 0.2) is 6.54 Å². The standard InChI is InChI=1S/C23H24BrN5O/c24-17-10-8-16(9-11-17)20-14-21(23-25-18-6-2-3-7-19(18)26-23)29(27-20)22(30)15-28-12-4-1-5-13-28/h2-3,6-11,21H,1,4-5,12-15H2,(H,25,26)/p+1/t21-/m0/s1. The molecule has 1 aromatic heterocycles. The fourth-order valence-electron chi connectivity index (χ4n) is 4.42. The number of H-pyrrole nitrogens is 1. The SMILES string of the molecule is O=C(C[NH+]1CCCCC1)N1N=C(c2ccc(Br)cc2)C[C@H]1c1nc2ccccc2[nH]1. The van der Waals surface area contributed by atoms with E-state index >= 15 is 0 Å². The number of aromatic amines is 1. The molecule has 6 nitrogen and oxygen atoms in total. The fraction of sp³-hybridized carbons (Fsp3) is 0.348. The predicted molar refractivity (Wildman–Crippen MR) is 120 cm³/mol. The van der Waals surface area contributed by atoms with Crippen LogP contribution in [-0.2, 0) is 4.79 Å². The van der Waals surface area contributed by atoms with Gasteiger partial charge in [-0.25, -0.2) is 9.99 Å². The first-order chi connectivity index (χ1) is 14.7. The average Bonchev–Trinajstić information content (AvgIpc) is 3.39. The number of aromatic nitrogens is 2. The zero-order chi connectivity index (χ0) is 20.5. The highest BCUT2D eigenvalue weighted by atomic mass is 79.9. The molecule has 2 aromatic carbocycles. The molecule has 0 aliphatic carbocycles. The summed E-state index contributed by atoms with van der Waals surface area (Å²) in [6.45, 7) is 2.63. The second kappa shape index (κ2) is 8.32. The molecule has 0 spiro atoms. The maximum atomic E-state index is 13.3. The summed E-state index contributed by atoms with van der Waals surface area (Å²) >= 11 is 3.49. The molecule has 5 rings (SSSR count). The average molecular weight is 467 g/mol. The molecule has 2 aliphatic heterocycles. The summed E-state index contributed by atoms with van der Waals surface area (Å²) in [5.74, 6) is 0.874. The first-order valence-corrected chi connectivity index (χ1v) is 11.4. The number of benzene rings is 2. The number of hydrazone groups is 1. The van der Waals surface area contributed by atoms with Crippen molar-refractivity contribution >= 4 is 38.6 Å². The number of nitrogens with one attached hydrogen (secondary N) is 2. The van der Waals surface area contributed by atoms with Crippen LogP contribution in [0.4, 0.5) is 0 Å². The van der Waals surface area contributed by atoms with E-state index in [0.717, 1.165) is 45.7 Å². The van der Waals surface area contributed by atoms with Crippen LogP contribution in [0.25, 0.3) is 11.0 Å². The zero-order valence-corrected chi connectivity index (χ0v) is 18.4. The Morgan fingerprint density at radius 2 is 1.87 bits per heavy atom. The number of amides is 1. The maximum absolute atomic E-state index is 13.3. The van der Waals surface area contributed by atoms with Gasteiger partial charge in [-0.15, -0.1) is 0 Å². The van der Waals surface area contributed by atoms with Crippen molar-refractivity contribution in [2.24, 2.45) is 5.10 Å². The van der Waals surface area contributed by atoms with Gasteiger partial charge in [-0.05, 0) is 49.1 Å². The number of fused-ring (bicyclic) bond motifs is 1. The maximum Gasteiger partial charge on any atom is 0.298 e. The number of hydrogen-bond acceptors (Lipinski definition) is 3. The summed E-state index contributed by atoms with van der Waals surface area (Å²) in [6, 6.07) is 15.9. The third-order valence-electron chi connectivity index (χ3n) is 6.03. The van der Waals surface area contributed by atoms with Crippen molar-refractivity contribution in [2.75, 3.05) is 19.6 Å². The minimum atomic E-state index is -0.201. The third kappa shape index (κ3) is 3.91. The molecule has 3 heterocycles. The summed E-state index contributed by atoms with van der Waals surface area (Å²) in [5, 5.41) is 6.47. The lowest BCUT2D eigenvalue weighted by molar-refractivity contribution is -0.897. The number of carbonyl (C=O) groups is 1. The highest BCUT2D eigenvalue weighted by Crippen LogP contribution is 2.32. The molecule has 1 amide bonds. The Bertz CT molecular complexity index is 1050. The van der Waals surface area contributed by atoms with Crippen molar-refractivity contribution in [1.82, 2.24) is 15.0 Å². The van der Waals surface area contributed by atoms with Gasteiger partial charge in [0, 0.05) is 10.9 Å². The van der Waals surface area contributed by atoms with Crippen LogP contribution in [0.15, 0.2) is 58.1 Å². The summed E-state index contributed by atoms with van der Waals surface area (Å²) in [6.07, 6.45) is 4.32. The quantitative estimate of drug-likeness (QED) is 0.620. The Morgan fingerprint density at radius 1 is 1.10 bits per heavy atom. The number of rotatable bonds is 4. The van der Waals surface area contributed by atoms with E-state index in [1.165, 1.54) is 24.2 Å². The smallest absolute Gasteiger partial charge is 0.298 e. The van der Waals surface area contributed by atoms with Gasteiger partial charge < -0.3 is 9.88 Å².